The molecule has 7 nitrogen and oxygen atoms in total. The summed E-state index contributed by atoms with van der Waals surface area (Å²) >= 11 is 0. The lowest BCUT2D eigenvalue weighted by Gasteiger charge is -2.33. The number of methoxy groups -OCH3 is 1. The summed E-state index contributed by atoms with van der Waals surface area (Å²) in [5.74, 6) is -1.40. The Kier molecular flexibility index (Phi) is 12.3. The molecule has 1 unspecified atom stereocenters. The lowest BCUT2D eigenvalue weighted by Crippen LogP contribution is -2.47. The molecule has 33 heavy (non-hydrogen) atoms. The van der Waals surface area contributed by atoms with Crippen LogP contribution in [0.4, 0.5) is 0 Å². The number of nitrogens with zero attached hydrogens (tertiary/aromatic N) is 1. The van der Waals surface area contributed by atoms with Crippen LogP contribution < -0.4 is 5.32 Å². The molecular formula is C26H42N2O5. The van der Waals surface area contributed by atoms with Crippen LogP contribution in [0.25, 0.3) is 0 Å². The zero-order chi connectivity index (χ0) is 25.0. The van der Waals surface area contributed by atoms with Crippen LogP contribution in [0.3, 0.4) is 0 Å². The van der Waals surface area contributed by atoms with Crippen molar-refractivity contribution >= 4 is 18.1 Å². The fourth-order valence-corrected chi connectivity index (χ4v) is 4.03. The number of hydrogen-bond acceptors (Lipinski definition) is 5. The van der Waals surface area contributed by atoms with Crippen molar-refractivity contribution in [1.82, 2.24) is 10.4 Å². The molecule has 0 saturated heterocycles. The largest absolute Gasteiger partial charge is 0.383 e. The summed E-state index contributed by atoms with van der Waals surface area (Å²) in [5.41, 5.74) is 0.732. The predicted molar refractivity (Wildman–Crippen MR) is 129 cm³/mol. The number of ketones is 1. The topological polar surface area (TPSA) is 95.9 Å². The van der Waals surface area contributed by atoms with E-state index in [1.54, 1.807) is 14.0 Å². The third-order valence-corrected chi connectivity index (χ3v) is 6.32. The fourth-order valence-electron chi connectivity index (χ4n) is 4.03. The smallest absolute Gasteiger partial charge is 0.233 e. The van der Waals surface area contributed by atoms with E-state index >= 15 is 0 Å². The van der Waals surface area contributed by atoms with Gasteiger partial charge < -0.3 is 10.1 Å². The normalized spacial score (nSPS) is 15.2. The summed E-state index contributed by atoms with van der Waals surface area (Å²) in [5, 5.41) is 13.6. The van der Waals surface area contributed by atoms with Crippen LogP contribution in [-0.4, -0.2) is 54.2 Å². The number of amides is 2. The predicted octanol–water partition coefficient (Wildman–Crippen LogP) is 4.02. The van der Waals surface area contributed by atoms with Gasteiger partial charge in [0.15, 0.2) is 0 Å². The van der Waals surface area contributed by atoms with Gasteiger partial charge in [-0.3, -0.25) is 19.6 Å². The van der Waals surface area contributed by atoms with Crippen LogP contribution in [0.1, 0.15) is 65.9 Å². The number of ether oxygens (including phenoxy) is 1. The number of hydrogen-bond donors (Lipinski definition) is 2. The molecule has 4 atom stereocenters. The second kappa shape index (κ2) is 14.1. The average molecular weight is 463 g/mol. The molecule has 7 heteroatoms. The highest BCUT2D eigenvalue weighted by molar-refractivity contribution is 5.89. The summed E-state index contributed by atoms with van der Waals surface area (Å²) < 4.78 is 5.18. The van der Waals surface area contributed by atoms with E-state index in [9.17, 15) is 19.6 Å². The quantitative estimate of drug-likeness (QED) is 0.233. The molecule has 0 radical (unpaired) electrons. The molecule has 0 aliphatic carbocycles. The lowest BCUT2D eigenvalue weighted by molar-refractivity contribution is -0.166. The van der Waals surface area contributed by atoms with Crippen LogP contribution >= 0.6 is 0 Å². The van der Waals surface area contributed by atoms with Crippen LogP contribution in [0.2, 0.25) is 0 Å². The van der Waals surface area contributed by atoms with Crippen molar-refractivity contribution < 1.29 is 24.3 Å². The molecule has 186 valence electrons. The summed E-state index contributed by atoms with van der Waals surface area (Å²) in [4.78, 5) is 37.7. The van der Waals surface area contributed by atoms with Crippen molar-refractivity contribution in [2.75, 3.05) is 13.7 Å². The summed E-state index contributed by atoms with van der Waals surface area (Å²) in [6.07, 6.45) is 3.14. The van der Waals surface area contributed by atoms with Crippen LogP contribution in [0.5, 0.6) is 0 Å². The average Bonchev–Trinajstić information content (AvgIpc) is 2.78. The number of benzene rings is 1. The minimum absolute atomic E-state index is 0.0474. The molecular weight excluding hydrogens is 420 g/mol. The van der Waals surface area contributed by atoms with Crippen LogP contribution in [-0.2, 0) is 25.5 Å². The monoisotopic (exact) mass is 462 g/mol. The van der Waals surface area contributed by atoms with Gasteiger partial charge in [0, 0.05) is 25.4 Å². The Bertz CT molecular complexity index is 732. The molecule has 1 rings (SSSR count). The zero-order valence-electron chi connectivity index (χ0n) is 21.0. The van der Waals surface area contributed by atoms with Gasteiger partial charge in [-0.15, -0.1) is 0 Å². The number of Topliss-reactive ketones (excluding diaryl/α,β-unsaturated/α-hetero) is 1. The first-order valence-electron chi connectivity index (χ1n) is 11.8. The van der Waals surface area contributed by atoms with Gasteiger partial charge in [0.1, 0.15) is 5.78 Å². The van der Waals surface area contributed by atoms with Gasteiger partial charge in [-0.05, 0) is 43.6 Å². The second-order valence-corrected chi connectivity index (χ2v) is 9.87. The minimum atomic E-state index is -0.675. The van der Waals surface area contributed by atoms with Crippen molar-refractivity contribution in [1.29, 1.82) is 0 Å². The third kappa shape index (κ3) is 9.64. The van der Waals surface area contributed by atoms with Crippen molar-refractivity contribution in [2.24, 2.45) is 17.3 Å². The summed E-state index contributed by atoms with van der Waals surface area (Å²) in [6.45, 7) is 9.88. The van der Waals surface area contributed by atoms with Crippen LogP contribution in [0, 0.1) is 17.3 Å². The number of rotatable bonds is 15. The minimum Gasteiger partial charge on any atom is -0.383 e. The molecule has 0 bridgehead atoms. The Morgan fingerprint density at radius 3 is 2.36 bits per heavy atom. The molecule has 2 N–H and O–H groups in total. The highest BCUT2D eigenvalue weighted by Gasteiger charge is 2.37. The van der Waals surface area contributed by atoms with Gasteiger partial charge >= 0.3 is 0 Å². The van der Waals surface area contributed by atoms with Crippen LogP contribution in [0.15, 0.2) is 30.3 Å². The maximum Gasteiger partial charge on any atom is 0.233 e. The van der Waals surface area contributed by atoms with Gasteiger partial charge in [0.05, 0.1) is 18.7 Å². The number of carbonyl (C=O) groups is 3. The molecule has 0 fully saturated rings. The van der Waals surface area contributed by atoms with Gasteiger partial charge in [0.25, 0.3) is 0 Å². The Morgan fingerprint density at radius 2 is 1.85 bits per heavy atom. The first-order valence-corrected chi connectivity index (χ1v) is 11.8. The molecule has 0 aliphatic heterocycles. The maximum absolute atomic E-state index is 13.4. The highest BCUT2D eigenvalue weighted by Crippen LogP contribution is 2.32. The Labute approximate surface area is 198 Å². The van der Waals surface area contributed by atoms with Crippen molar-refractivity contribution in [3.8, 4) is 0 Å². The number of hydroxylamine groups is 2. The van der Waals surface area contributed by atoms with E-state index in [0.717, 1.165) is 19.3 Å². The number of carbonyl (C=O) groups excluding carboxylic acids is 3. The molecule has 0 spiro atoms. The first kappa shape index (κ1) is 28.8. The highest BCUT2D eigenvalue weighted by atomic mass is 16.5. The van der Waals surface area contributed by atoms with Gasteiger partial charge in [-0.2, -0.15) is 0 Å². The standard InChI is InChI=1S/C26H42N2O5/c1-7-21(17-33-6)27-25(31)23(26(3,4)5)16-24(30)22(19(2)28(32)18-29)15-11-14-20-12-9-8-10-13-20/h8-10,12-13,18-19,21-23,32H,7,11,14-17H2,1-6H3,(H,27,31)/t19-,21?,22+,23+/m0/s1. The van der Waals surface area contributed by atoms with E-state index in [-0.39, 0.29) is 24.2 Å². The zero-order valence-corrected chi connectivity index (χ0v) is 21.0. The SMILES string of the molecule is CCC(COC)NC(=O)[C@@H](CC(=O)[C@H](CCCc1ccccc1)[C@H](C)N(O)C=O)C(C)(C)C. The van der Waals surface area contributed by atoms with Crippen molar-refractivity contribution in [3.05, 3.63) is 35.9 Å². The Hall–Kier alpha value is -2.25. The van der Waals surface area contributed by atoms with Crippen molar-refractivity contribution in [2.45, 2.75) is 78.8 Å². The molecule has 2 amide bonds. The molecule has 1 aromatic rings. The number of aryl methyl sites for hydroxylation is 1. The molecule has 0 aliphatic rings. The van der Waals surface area contributed by atoms with E-state index in [1.807, 2.05) is 58.0 Å². The molecule has 0 saturated carbocycles. The Morgan fingerprint density at radius 1 is 1.21 bits per heavy atom. The van der Waals surface area contributed by atoms with Gasteiger partial charge in [-0.1, -0.05) is 58.0 Å². The van der Waals surface area contributed by atoms with E-state index < -0.39 is 23.3 Å². The fraction of sp³-hybridized carbons (Fsp3) is 0.654. The number of nitrogens with one attached hydrogen (secondary N) is 1. The van der Waals surface area contributed by atoms with Gasteiger partial charge in [0.2, 0.25) is 12.3 Å². The van der Waals surface area contributed by atoms with E-state index in [4.69, 9.17) is 4.74 Å². The van der Waals surface area contributed by atoms with Gasteiger partial charge in [-0.25, -0.2) is 5.06 Å². The molecule has 0 aromatic heterocycles. The Balaban J connectivity index is 2.98. The van der Waals surface area contributed by atoms with E-state index in [0.29, 0.717) is 24.5 Å². The van der Waals surface area contributed by atoms with E-state index in [1.165, 1.54) is 5.56 Å². The summed E-state index contributed by atoms with van der Waals surface area (Å²) in [6, 6.07) is 9.18. The van der Waals surface area contributed by atoms with E-state index in [2.05, 4.69) is 5.32 Å². The first-order chi connectivity index (χ1) is 15.5. The lowest BCUT2D eigenvalue weighted by atomic mass is 9.74. The second-order valence-electron chi connectivity index (χ2n) is 9.87. The molecule has 1 aromatic carbocycles. The summed E-state index contributed by atoms with van der Waals surface area (Å²) in [7, 11) is 1.59. The van der Waals surface area contributed by atoms with Crippen molar-refractivity contribution in [3.63, 3.8) is 0 Å². The maximum atomic E-state index is 13.4. The molecule has 0 heterocycles. The third-order valence-electron chi connectivity index (χ3n) is 6.32.